The number of carbonyl (C=O) groups is 1. The summed E-state index contributed by atoms with van der Waals surface area (Å²) in [6.45, 7) is 3.89. The predicted molar refractivity (Wildman–Crippen MR) is 81.8 cm³/mol. The number of carbonyl (C=O) groups excluding carboxylic acids is 1. The highest BCUT2D eigenvalue weighted by Gasteiger charge is 2.06. The molecule has 1 amide bonds. The number of halogens is 1. The largest absolute Gasteiger partial charge is 0.326 e. The Balaban J connectivity index is 2.43. The van der Waals surface area contributed by atoms with Gasteiger partial charge in [-0.15, -0.1) is 0 Å². The van der Waals surface area contributed by atoms with Crippen molar-refractivity contribution in [3.8, 4) is 6.07 Å². The summed E-state index contributed by atoms with van der Waals surface area (Å²) in [5, 5.41) is 11.9. The van der Waals surface area contributed by atoms with Crippen molar-refractivity contribution in [1.29, 1.82) is 5.26 Å². The quantitative estimate of drug-likeness (QED) is 0.839. The number of nitriles is 1. The lowest BCUT2D eigenvalue weighted by Gasteiger charge is -2.15. The second kappa shape index (κ2) is 8.57. The summed E-state index contributed by atoms with van der Waals surface area (Å²) in [5.74, 6) is -0.0471. The van der Waals surface area contributed by atoms with Gasteiger partial charge in [0.15, 0.2) is 0 Å². The maximum absolute atomic E-state index is 11.8. The Morgan fingerprint density at radius 2 is 2.20 bits per heavy atom. The second-order valence-electron chi connectivity index (χ2n) is 4.76. The van der Waals surface area contributed by atoms with Crippen molar-refractivity contribution in [3.63, 3.8) is 0 Å². The molecule has 1 rings (SSSR count). The van der Waals surface area contributed by atoms with Crippen LogP contribution in [0.2, 0.25) is 5.02 Å². The van der Waals surface area contributed by atoms with Crippen molar-refractivity contribution in [3.05, 3.63) is 28.8 Å². The fraction of sp³-hybridized carbons (Fsp3) is 0.467. The summed E-state index contributed by atoms with van der Waals surface area (Å²) in [7, 11) is 2.02. The molecular weight excluding hydrogens is 274 g/mol. The van der Waals surface area contributed by atoms with Gasteiger partial charge in [-0.1, -0.05) is 24.9 Å². The molecule has 0 aliphatic rings. The van der Waals surface area contributed by atoms with E-state index in [1.165, 1.54) is 0 Å². The highest BCUT2D eigenvalue weighted by atomic mass is 35.5. The summed E-state index contributed by atoms with van der Waals surface area (Å²) in [4.78, 5) is 14.0. The zero-order valence-corrected chi connectivity index (χ0v) is 12.7. The Morgan fingerprint density at radius 1 is 1.45 bits per heavy atom. The van der Waals surface area contributed by atoms with E-state index < -0.39 is 0 Å². The molecule has 0 radical (unpaired) electrons. The number of hydrogen-bond acceptors (Lipinski definition) is 3. The van der Waals surface area contributed by atoms with Crippen LogP contribution in [0.25, 0.3) is 0 Å². The first-order valence-electron chi connectivity index (χ1n) is 6.75. The molecule has 0 atom stereocenters. The average Bonchev–Trinajstić information content (AvgIpc) is 2.43. The van der Waals surface area contributed by atoms with E-state index in [-0.39, 0.29) is 5.91 Å². The van der Waals surface area contributed by atoms with Crippen molar-refractivity contribution in [2.75, 3.05) is 25.5 Å². The molecule has 0 saturated heterocycles. The average molecular weight is 294 g/mol. The van der Waals surface area contributed by atoms with Crippen LogP contribution in [0.5, 0.6) is 0 Å². The van der Waals surface area contributed by atoms with Crippen LogP contribution >= 0.6 is 11.6 Å². The molecule has 0 fully saturated rings. The van der Waals surface area contributed by atoms with E-state index in [1.807, 2.05) is 13.1 Å². The summed E-state index contributed by atoms with van der Waals surface area (Å²) < 4.78 is 0. The molecule has 0 aliphatic heterocycles. The van der Waals surface area contributed by atoms with Crippen molar-refractivity contribution < 1.29 is 4.79 Å². The van der Waals surface area contributed by atoms with Crippen LogP contribution in [0.15, 0.2) is 18.2 Å². The van der Waals surface area contributed by atoms with Crippen LogP contribution in [0.1, 0.15) is 31.7 Å². The van der Waals surface area contributed by atoms with Crippen LogP contribution in [0, 0.1) is 11.3 Å². The maximum atomic E-state index is 11.8. The minimum Gasteiger partial charge on any atom is -0.326 e. The first kappa shape index (κ1) is 16.5. The predicted octanol–water partition coefficient (Wildman–Crippen LogP) is 3.27. The Bertz CT molecular complexity index is 496. The van der Waals surface area contributed by atoms with Crippen LogP contribution < -0.4 is 5.32 Å². The first-order chi connectivity index (χ1) is 9.56. The normalized spacial score (nSPS) is 10.3. The van der Waals surface area contributed by atoms with Crippen LogP contribution in [0.3, 0.4) is 0 Å². The van der Waals surface area contributed by atoms with Crippen molar-refractivity contribution in [1.82, 2.24) is 4.90 Å². The standard InChI is InChI=1S/C15H20ClN3O/c1-3-4-8-19(2)9-7-15(20)18-13-6-5-12(11-17)14(16)10-13/h5-6,10H,3-4,7-9H2,1-2H3,(H,18,20). The molecule has 0 bridgehead atoms. The minimum atomic E-state index is -0.0471. The fourth-order valence-corrected chi connectivity index (χ4v) is 1.96. The Hall–Kier alpha value is -1.57. The highest BCUT2D eigenvalue weighted by molar-refractivity contribution is 6.32. The van der Waals surface area contributed by atoms with Gasteiger partial charge in [-0.05, 0) is 38.2 Å². The number of benzene rings is 1. The molecule has 20 heavy (non-hydrogen) atoms. The zero-order valence-electron chi connectivity index (χ0n) is 11.9. The molecule has 1 N–H and O–H groups in total. The van der Waals surface area contributed by atoms with Gasteiger partial charge in [0.2, 0.25) is 5.91 Å². The number of nitrogens with zero attached hydrogens (tertiary/aromatic N) is 2. The third kappa shape index (κ3) is 5.60. The number of hydrogen-bond donors (Lipinski definition) is 1. The van der Waals surface area contributed by atoms with Gasteiger partial charge in [0.05, 0.1) is 10.6 Å². The molecule has 0 heterocycles. The van der Waals surface area contributed by atoms with Crippen LogP contribution in [-0.2, 0) is 4.79 Å². The van der Waals surface area contributed by atoms with E-state index in [0.29, 0.717) is 22.7 Å². The summed E-state index contributed by atoms with van der Waals surface area (Å²) in [5.41, 5.74) is 1.03. The summed E-state index contributed by atoms with van der Waals surface area (Å²) in [6, 6.07) is 6.87. The maximum Gasteiger partial charge on any atom is 0.225 e. The van der Waals surface area contributed by atoms with Gasteiger partial charge in [0, 0.05) is 18.7 Å². The molecule has 1 aromatic rings. The molecule has 0 aromatic heterocycles. The SMILES string of the molecule is CCCCN(C)CCC(=O)Nc1ccc(C#N)c(Cl)c1. The van der Waals surface area contributed by atoms with E-state index in [0.717, 1.165) is 25.9 Å². The molecule has 1 aromatic carbocycles. The molecule has 0 saturated carbocycles. The first-order valence-corrected chi connectivity index (χ1v) is 7.12. The number of anilines is 1. The van der Waals surface area contributed by atoms with E-state index >= 15 is 0 Å². The highest BCUT2D eigenvalue weighted by Crippen LogP contribution is 2.20. The van der Waals surface area contributed by atoms with Gasteiger partial charge < -0.3 is 10.2 Å². The second-order valence-corrected chi connectivity index (χ2v) is 5.17. The van der Waals surface area contributed by atoms with Gasteiger partial charge in [-0.3, -0.25) is 4.79 Å². The van der Waals surface area contributed by atoms with Gasteiger partial charge in [0.1, 0.15) is 6.07 Å². The zero-order chi connectivity index (χ0) is 15.0. The lowest BCUT2D eigenvalue weighted by Crippen LogP contribution is -2.25. The van der Waals surface area contributed by atoms with Gasteiger partial charge in [-0.2, -0.15) is 5.26 Å². The number of unbranched alkanes of at least 4 members (excludes halogenated alkanes) is 1. The Kier molecular flexibility index (Phi) is 7.06. The summed E-state index contributed by atoms with van der Waals surface area (Å²) in [6.07, 6.45) is 2.74. The molecular formula is C15H20ClN3O. The van der Waals surface area contributed by atoms with Crippen molar-refractivity contribution in [2.45, 2.75) is 26.2 Å². The van der Waals surface area contributed by atoms with Crippen molar-refractivity contribution in [2.24, 2.45) is 0 Å². The van der Waals surface area contributed by atoms with E-state index in [1.54, 1.807) is 18.2 Å². The van der Waals surface area contributed by atoms with Gasteiger partial charge in [0.25, 0.3) is 0 Å². The third-order valence-electron chi connectivity index (χ3n) is 2.99. The molecule has 0 aliphatic carbocycles. The summed E-state index contributed by atoms with van der Waals surface area (Å²) >= 11 is 5.92. The third-order valence-corrected chi connectivity index (χ3v) is 3.30. The van der Waals surface area contributed by atoms with Crippen molar-refractivity contribution >= 4 is 23.2 Å². The smallest absolute Gasteiger partial charge is 0.225 e. The van der Waals surface area contributed by atoms with Gasteiger partial charge in [-0.25, -0.2) is 0 Å². The number of amides is 1. The van der Waals surface area contributed by atoms with E-state index in [4.69, 9.17) is 16.9 Å². The number of nitrogens with one attached hydrogen (secondary N) is 1. The molecule has 0 spiro atoms. The number of rotatable bonds is 7. The Morgan fingerprint density at radius 3 is 2.80 bits per heavy atom. The van der Waals surface area contributed by atoms with E-state index in [9.17, 15) is 4.79 Å². The fourth-order valence-electron chi connectivity index (χ4n) is 1.74. The lowest BCUT2D eigenvalue weighted by molar-refractivity contribution is -0.116. The lowest BCUT2D eigenvalue weighted by atomic mass is 10.2. The molecule has 0 unspecified atom stereocenters. The van der Waals surface area contributed by atoms with E-state index in [2.05, 4.69) is 17.1 Å². The minimum absolute atomic E-state index is 0.0471. The van der Waals surface area contributed by atoms with Crippen LogP contribution in [-0.4, -0.2) is 30.9 Å². The molecule has 4 nitrogen and oxygen atoms in total. The molecule has 5 heteroatoms. The monoisotopic (exact) mass is 293 g/mol. The van der Waals surface area contributed by atoms with Crippen LogP contribution in [0.4, 0.5) is 5.69 Å². The molecule has 108 valence electrons. The topological polar surface area (TPSA) is 56.1 Å². The van der Waals surface area contributed by atoms with Gasteiger partial charge >= 0.3 is 0 Å². The Labute approximate surface area is 125 Å².